The van der Waals surface area contributed by atoms with Crippen molar-refractivity contribution in [1.29, 1.82) is 0 Å². The molecule has 1 aromatic carbocycles. The fourth-order valence-electron chi connectivity index (χ4n) is 5.23. The van der Waals surface area contributed by atoms with Gasteiger partial charge in [0.05, 0.1) is 5.76 Å². The first kappa shape index (κ1) is 23.0. The first-order valence-corrected chi connectivity index (χ1v) is 11.4. The van der Waals surface area contributed by atoms with E-state index in [4.69, 9.17) is 5.73 Å². The largest absolute Gasteiger partial charge is 0.513 e. The summed E-state index contributed by atoms with van der Waals surface area (Å²) in [6.07, 6.45) is 11.2. The maximum absolute atomic E-state index is 9.44. The Labute approximate surface area is 173 Å². The molecule has 0 amide bonds. The molecule has 1 aliphatic carbocycles. The zero-order chi connectivity index (χ0) is 20.7. The van der Waals surface area contributed by atoms with Crippen LogP contribution in [0.1, 0.15) is 88.8 Å². The summed E-state index contributed by atoms with van der Waals surface area (Å²) in [7, 11) is 0. The van der Waals surface area contributed by atoms with Gasteiger partial charge in [0.25, 0.3) is 0 Å². The van der Waals surface area contributed by atoms with Gasteiger partial charge in [-0.05, 0) is 86.7 Å². The lowest BCUT2D eigenvalue weighted by Crippen LogP contribution is -2.35. The molecule has 0 saturated heterocycles. The van der Waals surface area contributed by atoms with Crippen LogP contribution < -0.4 is 5.73 Å². The highest BCUT2D eigenvalue weighted by Gasteiger charge is 2.30. The normalized spacial score (nSPS) is 19.1. The van der Waals surface area contributed by atoms with E-state index >= 15 is 0 Å². The third-order valence-electron chi connectivity index (χ3n) is 7.10. The van der Waals surface area contributed by atoms with Crippen molar-refractivity contribution in [3.05, 3.63) is 47.2 Å². The third-order valence-corrected chi connectivity index (χ3v) is 7.10. The molecule has 2 nitrogen and oxygen atoms in total. The Hall–Kier alpha value is -1.28. The van der Waals surface area contributed by atoms with Crippen LogP contribution in [0, 0.1) is 24.2 Å². The number of fused-ring (bicyclic) bond motifs is 1. The molecule has 28 heavy (non-hydrogen) atoms. The lowest BCUT2D eigenvalue weighted by Gasteiger charge is -2.36. The lowest BCUT2D eigenvalue weighted by atomic mass is 9.70. The second-order valence-electron chi connectivity index (χ2n) is 9.91. The summed E-state index contributed by atoms with van der Waals surface area (Å²) in [5.41, 5.74) is 11.5. The molecule has 1 aliphatic rings. The van der Waals surface area contributed by atoms with Gasteiger partial charge in [0.15, 0.2) is 0 Å². The summed E-state index contributed by atoms with van der Waals surface area (Å²) in [4.78, 5) is 0. The van der Waals surface area contributed by atoms with Crippen LogP contribution in [0.5, 0.6) is 0 Å². The van der Waals surface area contributed by atoms with E-state index in [2.05, 4.69) is 52.5 Å². The standard InChI is InChI=1S/C26H43NO/c1-6-16-26(4,5)24(9-7-8-20(3)28)14-15-25(27)23-13-12-21-17-19(2)10-11-22(21)18-23/h10-11,17,23-25,28H,3,6-9,12-16,18,27H2,1-2,4-5H3. The summed E-state index contributed by atoms with van der Waals surface area (Å²) in [5.74, 6) is 1.60. The Morgan fingerprint density at radius 2 is 2.00 bits per heavy atom. The number of aryl methyl sites for hydroxylation is 2. The van der Waals surface area contributed by atoms with Gasteiger partial charge in [-0.2, -0.15) is 0 Å². The molecule has 0 fully saturated rings. The van der Waals surface area contributed by atoms with Crippen molar-refractivity contribution in [2.75, 3.05) is 0 Å². The summed E-state index contributed by atoms with van der Waals surface area (Å²) < 4.78 is 0. The minimum atomic E-state index is 0.294. The van der Waals surface area contributed by atoms with Gasteiger partial charge in [-0.1, -0.05) is 57.5 Å². The Balaban J connectivity index is 1.93. The second-order valence-corrected chi connectivity index (χ2v) is 9.91. The maximum Gasteiger partial charge on any atom is 0.0851 e. The fraction of sp³-hybridized carbons (Fsp3) is 0.692. The van der Waals surface area contributed by atoms with Crippen molar-refractivity contribution < 1.29 is 5.11 Å². The smallest absolute Gasteiger partial charge is 0.0851 e. The maximum atomic E-state index is 9.44. The number of nitrogens with two attached hydrogens (primary N) is 1. The molecule has 3 unspecified atom stereocenters. The van der Waals surface area contributed by atoms with Gasteiger partial charge in [0.1, 0.15) is 0 Å². The number of hydrogen-bond acceptors (Lipinski definition) is 2. The molecule has 3 N–H and O–H groups in total. The molecule has 0 aromatic heterocycles. The third kappa shape index (κ3) is 6.65. The van der Waals surface area contributed by atoms with Gasteiger partial charge in [-0.3, -0.25) is 0 Å². The van der Waals surface area contributed by atoms with Crippen LogP contribution in [0.3, 0.4) is 0 Å². The highest BCUT2D eigenvalue weighted by Crippen LogP contribution is 2.39. The zero-order valence-electron chi connectivity index (χ0n) is 18.8. The van der Waals surface area contributed by atoms with E-state index in [1.807, 2.05) is 0 Å². The van der Waals surface area contributed by atoms with E-state index in [-0.39, 0.29) is 0 Å². The molecule has 2 rings (SSSR count). The van der Waals surface area contributed by atoms with Crippen LogP contribution in [0.25, 0.3) is 0 Å². The average Bonchev–Trinajstić information content (AvgIpc) is 2.63. The van der Waals surface area contributed by atoms with Crippen molar-refractivity contribution >= 4 is 0 Å². The number of aliphatic hydroxyl groups is 1. The average molecular weight is 386 g/mol. The zero-order valence-corrected chi connectivity index (χ0v) is 18.8. The summed E-state index contributed by atoms with van der Waals surface area (Å²) in [6.45, 7) is 12.9. The molecule has 0 saturated carbocycles. The van der Waals surface area contributed by atoms with E-state index < -0.39 is 0 Å². The van der Waals surface area contributed by atoms with Crippen LogP contribution in [-0.4, -0.2) is 11.1 Å². The predicted molar refractivity (Wildman–Crippen MR) is 122 cm³/mol. The van der Waals surface area contributed by atoms with Crippen molar-refractivity contribution in [2.45, 2.75) is 97.9 Å². The number of hydrogen-bond donors (Lipinski definition) is 2. The molecule has 0 spiro atoms. The Kier molecular flexibility index (Phi) is 8.61. The quantitative estimate of drug-likeness (QED) is 0.407. The lowest BCUT2D eigenvalue weighted by molar-refractivity contribution is 0.155. The van der Waals surface area contributed by atoms with E-state index in [0.717, 1.165) is 32.1 Å². The van der Waals surface area contributed by atoms with Gasteiger partial charge >= 0.3 is 0 Å². The number of rotatable bonds is 11. The highest BCUT2D eigenvalue weighted by atomic mass is 16.3. The molecular weight excluding hydrogens is 342 g/mol. The Bertz CT molecular complexity index is 633. The van der Waals surface area contributed by atoms with E-state index in [1.165, 1.54) is 48.8 Å². The van der Waals surface area contributed by atoms with E-state index in [1.54, 1.807) is 0 Å². The van der Waals surface area contributed by atoms with Gasteiger partial charge < -0.3 is 10.8 Å². The van der Waals surface area contributed by atoms with Crippen LogP contribution in [0.15, 0.2) is 30.5 Å². The van der Waals surface area contributed by atoms with Crippen LogP contribution >= 0.6 is 0 Å². The van der Waals surface area contributed by atoms with Crippen LogP contribution in [0.2, 0.25) is 0 Å². The predicted octanol–water partition coefficient (Wildman–Crippen LogP) is 6.89. The van der Waals surface area contributed by atoms with Gasteiger partial charge in [-0.15, -0.1) is 0 Å². The van der Waals surface area contributed by atoms with Crippen molar-refractivity contribution in [1.82, 2.24) is 0 Å². The first-order chi connectivity index (χ1) is 13.2. The summed E-state index contributed by atoms with van der Waals surface area (Å²) in [6, 6.07) is 7.21. The minimum Gasteiger partial charge on any atom is -0.513 e. The van der Waals surface area contributed by atoms with Gasteiger partial charge in [0.2, 0.25) is 0 Å². The topological polar surface area (TPSA) is 46.2 Å². The van der Waals surface area contributed by atoms with E-state index in [9.17, 15) is 5.11 Å². The SMILES string of the molecule is C=C(O)CCCC(CCC(N)C1CCc2cc(C)ccc2C1)C(C)(C)CCC. The van der Waals surface area contributed by atoms with Crippen molar-refractivity contribution in [3.8, 4) is 0 Å². The summed E-state index contributed by atoms with van der Waals surface area (Å²) >= 11 is 0. The number of aliphatic hydroxyl groups excluding tert-OH is 1. The molecule has 0 bridgehead atoms. The molecule has 0 radical (unpaired) electrons. The Morgan fingerprint density at radius 3 is 2.68 bits per heavy atom. The first-order valence-electron chi connectivity index (χ1n) is 11.4. The van der Waals surface area contributed by atoms with Gasteiger partial charge in [-0.25, -0.2) is 0 Å². The number of allylic oxidation sites excluding steroid dienone is 1. The molecule has 0 aliphatic heterocycles. The van der Waals surface area contributed by atoms with Gasteiger partial charge in [0, 0.05) is 12.5 Å². The monoisotopic (exact) mass is 385 g/mol. The van der Waals surface area contributed by atoms with Crippen LogP contribution in [-0.2, 0) is 12.8 Å². The van der Waals surface area contributed by atoms with E-state index in [0.29, 0.717) is 29.1 Å². The molecule has 3 atom stereocenters. The molecule has 0 heterocycles. The summed E-state index contributed by atoms with van der Waals surface area (Å²) in [5, 5.41) is 9.44. The van der Waals surface area contributed by atoms with Crippen LogP contribution in [0.4, 0.5) is 0 Å². The molecule has 2 heteroatoms. The second kappa shape index (κ2) is 10.5. The molecule has 158 valence electrons. The molecular formula is C26H43NO. The fourth-order valence-corrected chi connectivity index (χ4v) is 5.23. The highest BCUT2D eigenvalue weighted by molar-refractivity contribution is 5.33. The number of benzene rings is 1. The van der Waals surface area contributed by atoms with Crippen molar-refractivity contribution in [2.24, 2.45) is 23.0 Å². The Morgan fingerprint density at radius 1 is 1.25 bits per heavy atom. The van der Waals surface area contributed by atoms with Crippen molar-refractivity contribution in [3.63, 3.8) is 0 Å². The molecule has 1 aromatic rings. The minimum absolute atomic E-state index is 0.294.